The van der Waals surface area contributed by atoms with Crippen molar-refractivity contribution in [3.63, 3.8) is 0 Å². The summed E-state index contributed by atoms with van der Waals surface area (Å²) in [4.78, 5) is 23.9. The van der Waals surface area contributed by atoms with Crippen molar-refractivity contribution in [3.8, 4) is 11.5 Å². The van der Waals surface area contributed by atoms with Gasteiger partial charge in [0.15, 0.2) is 0 Å². The Morgan fingerprint density at radius 3 is 1.32 bits per heavy atom. The molecule has 0 aromatic heterocycles. The second-order valence-corrected chi connectivity index (χ2v) is 10.3. The van der Waals surface area contributed by atoms with E-state index in [1.807, 2.05) is 24.3 Å². The molecule has 2 amide bonds. The average Bonchev–Trinajstić information content (AvgIpc) is 2.95. The van der Waals surface area contributed by atoms with Gasteiger partial charge >= 0.3 is 0 Å². The van der Waals surface area contributed by atoms with Gasteiger partial charge in [-0.15, -0.1) is 0 Å². The molecule has 40 heavy (non-hydrogen) atoms. The van der Waals surface area contributed by atoms with Crippen LogP contribution in [-0.2, 0) is 22.4 Å². The Labute approximate surface area is 240 Å². The number of unbranched alkanes of at least 4 members (excludes halogenated alkanes) is 3. The van der Waals surface area contributed by atoms with E-state index in [1.165, 1.54) is 12.8 Å². The molecule has 0 aliphatic rings. The number of phenols is 2. The summed E-state index contributed by atoms with van der Waals surface area (Å²) in [6.45, 7) is 5.22. The number of amides is 2. The van der Waals surface area contributed by atoms with Crippen LogP contribution < -0.4 is 21.3 Å². The smallest absolute Gasteiger partial charge is 0.220 e. The molecule has 0 saturated carbocycles. The molecular weight excluding hydrogens is 504 g/mol. The van der Waals surface area contributed by atoms with Gasteiger partial charge in [0.2, 0.25) is 11.8 Å². The summed E-state index contributed by atoms with van der Waals surface area (Å²) in [5, 5.41) is 32.4. The first-order valence-electron chi connectivity index (χ1n) is 15.0. The van der Waals surface area contributed by atoms with Gasteiger partial charge in [-0.3, -0.25) is 9.59 Å². The highest BCUT2D eigenvalue weighted by Gasteiger charge is 2.05. The van der Waals surface area contributed by atoms with Crippen molar-refractivity contribution in [1.29, 1.82) is 0 Å². The Bertz CT molecular complexity index is 892. The predicted molar refractivity (Wildman–Crippen MR) is 162 cm³/mol. The molecule has 0 spiro atoms. The molecule has 0 heterocycles. The standard InChI is InChI=1S/C32H50N4O4/c37-29-17-5-3-13-27(29)15-9-19-31(39)35-25-11-23-33-21-7-1-2-8-22-34-24-12-26-36-32(40)20-10-16-28-14-4-6-18-30(28)38/h3-6,13-14,17-18,33-34,37-38H,1-2,7-12,15-16,19-26H2,(H,35,39)(H,36,40). The van der Waals surface area contributed by atoms with Gasteiger partial charge < -0.3 is 31.5 Å². The number of hydrogen-bond donors (Lipinski definition) is 6. The van der Waals surface area contributed by atoms with Crippen LogP contribution in [0.25, 0.3) is 0 Å². The van der Waals surface area contributed by atoms with Crippen LogP contribution >= 0.6 is 0 Å². The van der Waals surface area contributed by atoms with Crippen LogP contribution in [0.15, 0.2) is 48.5 Å². The minimum absolute atomic E-state index is 0.0749. The molecule has 222 valence electrons. The Morgan fingerprint density at radius 2 is 0.900 bits per heavy atom. The summed E-state index contributed by atoms with van der Waals surface area (Å²) in [7, 11) is 0. The lowest BCUT2D eigenvalue weighted by Crippen LogP contribution is -2.27. The number of hydrogen-bond acceptors (Lipinski definition) is 6. The van der Waals surface area contributed by atoms with E-state index in [9.17, 15) is 19.8 Å². The Balaban J connectivity index is 1.26. The number of aryl methyl sites for hydroxylation is 2. The quantitative estimate of drug-likeness (QED) is 0.115. The maximum Gasteiger partial charge on any atom is 0.220 e. The van der Waals surface area contributed by atoms with Gasteiger partial charge in [0, 0.05) is 25.9 Å². The Kier molecular flexibility index (Phi) is 18.0. The summed E-state index contributed by atoms with van der Waals surface area (Å²) < 4.78 is 0. The summed E-state index contributed by atoms with van der Waals surface area (Å²) in [5.41, 5.74) is 1.78. The maximum atomic E-state index is 11.9. The molecule has 0 bridgehead atoms. The lowest BCUT2D eigenvalue weighted by atomic mass is 10.1. The van der Waals surface area contributed by atoms with Gasteiger partial charge in [-0.2, -0.15) is 0 Å². The van der Waals surface area contributed by atoms with Crippen molar-refractivity contribution in [1.82, 2.24) is 21.3 Å². The van der Waals surface area contributed by atoms with Crippen molar-refractivity contribution in [2.45, 2.75) is 77.0 Å². The fourth-order valence-corrected chi connectivity index (χ4v) is 4.49. The van der Waals surface area contributed by atoms with Crippen LogP contribution in [0.3, 0.4) is 0 Å². The largest absolute Gasteiger partial charge is 0.508 e. The molecule has 0 aliphatic heterocycles. The first-order valence-corrected chi connectivity index (χ1v) is 15.0. The molecule has 0 aliphatic carbocycles. The first-order chi connectivity index (χ1) is 19.6. The fourth-order valence-electron chi connectivity index (χ4n) is 4.49. The third-order valence-electron chi connectivity index (χ3n) is 6.85. The monoisotopic (exact) mass is 554 g/mol. The number of carbonyl (C=O) groups excluding carboxylic acids is 2. The second kappa shape index (κ2) is 21.7. The van der Waals surface area contributed by atoms with Crippen LogP contribution in [0.4, 0.5) is 0 Å². The van der Waals surface area contributed by atoms with Crippen LogP contribution in [0, 0.1) is 0 Å². The summed E-state index contributed by atoms with van der Waals surface area (Å²) in [5.74, 6) is 0.752. The fraction of sp³-hybridized carbons (Fsp3) is 0.562. The molecule has 6 N–H and O–H groups in total. The normalized spacial score (nSPS) is 10.9. The molecule has 2 aromatic rings. The van der Waals surface area contributed by atoms with Crippen LogP contribution in [0.2, 0.25) is 0 Å². The summed E-state index contributed by atoms with van der Waals surface area (Å²) in [6, 6.07) is 14.6. The SMILES string of the molecule is O=C(CCCc1ccccc1O)NCCCNCCCCCCNCCCNC(=O)CCCc1ccccc1O. The Hall–Kier alpha value is -3.10. The molecule has 8 heteroatoms. The summed E-state index contributed by atoms with van der Waals surface area (Å²) >= 11 is 0. The third-order valence-corrected chi connectivity index (χ3v) is 6.85. The zero-order valence-electron chi connectivity index (χ0n) is 24.1. The van der Waals surface area contributed by atoms with Crippen LogP contribution in [0.5, 0.6) is 11.5 Å². The molecular formula is C32H50N4O4. The van der Waals surface area contributed by atoms with Crippen LogP contribution in [-0.4, -0.2) is 61.3 Å². The van der Waals surface area contributed by atoms with Gasteiger partial charge in [0.05, 0.1) is 0 Å². The van der Waals surface area contributed by atoms with E-state index in [4.69, 9.17) is 0 Å². The number of nitrogens with one attached hydrogen (secondary N) is 4. The Morgan fingerprint density at radius 1 is 0.500 bits per heavy atom. The molecule has 2 rings (SSSR count). The topological polar surface area (TPSA) is 123 Å². The van der Waals surface area contributed by atoms with Crippen molar-refractivity contribution in [2.75, 3.05) is 39.3 Å². The van der Waals surface area contributed by atoms with Crippen molar-refractivity contribution in [3.05, 3.63) is 59.7 Å². The van der Waals surface area contributed by atoms with Gasteiger partial charge in [-0.1, -0.05) is 49.2 Å². The number of benzene rings is 2. The number of para-hydroxylation sites is 2. The van der Waals surface area contributed by atoms with Crippen LogP contribution in [0.1, 0.15) is 75.3 Å². The van der Waals surface area contributed by atoms with E-state index in [-0.39, 0.29) is 11.8 Å². The summed E-state index contributed by atoms with van der Waals surface area (Å²) in [6.07, 6.45) is 10.4. The highest BCUT2D eigenvalue weighted by atomic mass is 16.3. The van der Waals surface area contributed by atoms with E-state index in [1.54, 1.807) is 24.3 Å². The average molecular weight is 555 g/mol. The molecule has 8 nitrogen and oxygen atoms in total. The van der Waals surface area contributed by atoms with E-state index in [0.29, 0.717) is 50.3 Å². The third kappa shape index (κ3) is 16.1. The lowest BCUT2D eigenvalue weighted by Gasteiger charge is -2.08. The zero-order valence-corrected chi connectivity index (χ0v) is 24.1. The highest BCUT2D eigenvalue weighted by molar-refractivity contribution is 5.76. The van der Waals surface area contributed by atoms with Crippen molar-refractivity contribution in [2.24, 2.45) is 0 Å². The van der Waals surface area contributed by atoms with Crippen molar-refractivity contribution < 1.29 is 19.8 Å². The zero-order chi connectivity index (χ0) is 28.7. The number of phenolic OH excluding ortho intramolecular Hbond substituents is 2. The minimum atomic E-state index is 0.0749. The van der Waals surface area contributed by atoms with E-state index >= 15 is 0 Å². The van der Waals surface area contributed by atoms with Gasteiger partial charge in [0.1, 0.15) is 11.5 Å². The predicted octanol–water partition coefficient (Wildman–Crippen LogP) is 4.20. The van der Waals surface area contributed by atoms with E-state index in [0.717, 1.165) is 75.8 Å². The number of rotatable bonds is 23. The first kappa shape index (κ1) is 33.1. The minimum Gasteiger partial charge on any atom is -0.508 e. The van der Waals surface area contributed by atoms with Crippen molar-refractivity contribution >= 4 is 11.8 Å². The molecule has 2 aromatic carbocycles. The lowest BCUT2D eigenvalue weighted by molar-refractivity contribution is -0.122. The molecule has 0 atom stereocenters. The van der Waals surface area contributed by atoms with Gasteiger partial charge in [0.25, 0.3) is 0 Å². The number of carbonyl (C=O) groups is 2. The van der Waals surface area contributed by atoms with E-state index in [2.05, 4.69) is 21.3 Å². The number of aromatic hydroxyl groups is 2. The highest BCUT2D eigenvalue weighted by Crippen LogP contribution is 2.18. The van der Waals surface area contributed by atoms with Gasteiger partial charge in [-0.25, -0.2) is 0 Å². The van der Waals surface area contributed by atoms with Gasteiger partial charge in [-0.05, 0) is 101 Å². The molecule has 0 unspecified atom stereocenters. The molecule has 0 saturated heterocycles. The molecule has 0 fully saturated rings. The van der Waals surface area contributed by atoms with E-state index < -0.39 is 0 Å². The molecule has 0 radical (unpaired) electrons. The second-order valence-electron chi connectivity index (χ2n) is 10.3. The maximum absolute atomic E-state index is 11.9.